The number of rotatable bonds is 7. The molecule has 2 amide bonds. The van der Waals surface area contributed by atoms with E-state index in [9.17, 15) is 19.2 Å². The molecule has 0 saturated heterocycles. The van der Waals surface area contributed by atoms with Crippen LogP contribution in [0, 0.1) is 0 Å². The second-order valence-electron chi connectivity index (χ2n) is 7.02. The first-order chi connectivity index (χ1) is 15.9. The highest BCUT2D eigenvalue weighted by Crippen LogP contribution is 2.19. The van der Waals surface area contributed by atoms with Gasteiger partial charge in [-0.15, -0.1) is 0 Å². The number of benzene rings is 3. The second-order valence-corrected chi connectivity index (χ2v) is 7.02. The van der Waals surface area contributed by atoms with Crippen LogP contribution in [0.4, 0.5) is 11.4 Å². The van der Waals surface area contributed by atoms with Crippen LogP contribution < -0.4 is 10.6 Å². The quantitative estimate of drug-likeness (QED) is 0.536. The Balaban J connectivity index is 1.69. The van der Waals surface area contributed by atoms with Crippen molar-refractivity contribution >= 4 is 35.1 Å². The molecule has 0 aliphatic heterocycles. The van der Waals surface area contributed by atoms with E-state index in [1.165, 1.54) is 32.4 Å². The summed E-state index contributed by atoms with van der Waals surface area (Å²) in [6, 6.07) is 19.8. The molecule has 0 bridgehead atoms. The summed E-state index contributed by atoms with van der Waals surface area (Å²) >= 11 is 0. The Morgan fingerprint density at radius 3 is 1.79 bits per heavy atom. The van der Waals surface area contributed by atoms with Crippen molar-refractivity contribution in [2.45, 2.75) is 6.42 Å². The molecule has 3 aromatic carbocycles. The number of amides is 2. The fourth-order valence-electron chi connectivity index (χ4n) is 3.07. The minimum Gasteiger partial charge on any atom is -0.465 e. The summed E-state index contributed by atoms with van der Waals surface area (Å²) in [6.45, 7) is 0. The maximum Gasteiger partial charge on any atom is 0.337 e. The summed E-state index contributed by atoms with van der Waals surface area (Å²) in [6.07, 6.45) is 0.238. The molecule has 0 radical (unpaired) electrons. The summed E-state index contributed by atoms with van der Waals surface area (Å²) < 4.78 is 9.39. The zero-order chi connectivity index (χ0) is 23.8. The van der Waals surface area contributed by atoms with E-state index in [0.717, 1.165) is 5.56 Å². The minimum atomic E-state index is -0.660. The predicted molar refractivity (Wildman–Crippen MR) is 122 cm³/mol. The zero-order valence-corrected chi connectivity index (χ0v) is 18.1. The van der Waals surface area contributed by atoms with E-state index in [0.29, 0.717) is 11.3 Å². The number of esters is 2. The summed E-state index contributed by atoms with van der Waals surface area (Å²) in [5.41, 5.74) is 2.17. The third kappa shape index (κ3) is 6.27. The largest absolute Gasteiger partial charge is 0.465 e. The molecule has 33 heavy (non-hydrogen) atoms. The molecule has 8 heteroatoms. The summed E-state index contributed by atoms with van der Waals surface area (Å²) in [5, 5.41) is 5.43. The van der Waals surface area contributed by atoms with Crippen molar-refractivity contribution in [3.8, 4) is 0 Å². The number of ether oxygens (including phenoxy) is 2. The average Bonchev–Trinajstić information content (AvgIpc) is 2.83. The van der Waals surface area contributed by atoms with E-state index < -0.39 is 17.8 Å². The van der Waals surface area contributed by atoms with Gasteiger partial charge in [-0.1, -0.05) is 30.3 Å². The first kappa shape index (κ1) is 23.2. The van der Waals surface area contributed by atoms with Crippen LogP contribution in [-0.2, 0) is 20.7 Å². The Kier molecular flexibility index (Phi) is 7.54. The monoisotopic (exact) mass is 446 g/mol. The van der Waals surface area contributed by atoms with Gasteiger partial charge in [0.1, 0.15) is 0 Å². The first-order valence-corrected chi connectivity index (χ1v) is 9.96. The van der Waals surface area contributed by atoms with Crippen LogP contribution in [0.5, 0.6) is 0 Å². The Labute approximate surface area is 190 Å². The van der Waals surface area contributed by atoms with Gasteiger partial charge in [-0.25, -0.2) is 9.59 Å². The molecular weight excluding hydrogens is 424 g/mol. The lowest BCUT2D eigenvalue weighted by atomic mass is 10.1. The Morgan fingerprint density at radius 2 is 1.24 bits per heavy atom. The molecule has 0 aliphatic carbocycles. The summed E-state index contributed by atoms with van der Waals surface area (Å²) in [4.78, 5) is 48.7. The molecule has 0 saturated carbocycles. The zero-order valence-electron chi connectivity index (χ0n) is 18.1. The molecule has 0 unspecified atom stereocenters. The maximum atomic E-state index is 12.7. The lowest BCUT2D eigenvalue weighted by Crippen LogP contribution is -2.16. The van der Waals surface area contributed by atoms with Crippen molar-refractivity contribution in [2.75, 3.05) is 24.9 Å². The van der Waals surface area contributed by atoms with E-state index in [1.807, 2.05) is 30.3 Å². The van der Waals surface area contributed by atoms with Crippen molar-refractivity contribution in [1.29, 1.82) is 0 Å². The fraction of sp³-hybridized carbons (Fsp3) is 0.120. The molecule has 0 heterocycles. The fourth-order valence-corrected chi connectivity index (χ4v) is 3.07. The van der Waals surface area contributed by atoms with Crippen molar-refractivity contribution in [1.82, 2.24) is 0 Å². The smallest absolute Gasteiger partial charge is 0.337 e. The molecule has 2 N–H and O–H groups in total. The number of methoxy groups -OCH3 is 2. The van der Waals surface area contributed by atoms with Gasteiger partial charge in [-0.05, 0) is 48.0 Å². The number of carbonyl (C=O) groups is 4. The van der Waals surface area contributed by atoms with Gasteiger partial charge in [-0.2, -0.15) is 0 Å². The maximum absolute atomic E-state index is 12.7. The number of carbonyl (C=O) groups excluding carboxylic acids is 4. The van der Waals surface area contributed by atoms with Gasteiger partial charge in [0, 0.05) is 16.9 Å². The van der Waals surface area contributed by atoms with E-state index in [1.54, 1.807) is 24.3 Å². The standard InChI is InChI=1S/C25H22N2O6/c1-32-24(30)18-13-19(25(31)33-2)15-21(14-18)27-23(29)17-8-10-20(11-9-17)26-22(28)12-16-6-4-3-5-7-16/h3-11,13-15H,12H2,1-2H3,(H,26,28)(H,27,29). The molecule has 0 fully saturated rings. The molecule has 3 rings (SSSR count). The van der Waals surface area contributed by atoms with Gasteiger partial charge < -0.3 is 20.1 Å². The third-order valence-corrected chi connectivity index (χ3v) is 4.67. The Bertz CT molecular complexity index is 1140. The van der Waals surface area contributed by atoms with Crippen molar-refractivity contribution in [3.63, 3.8) is 0 Å². The van der Waals surface area contributed by atoms with Gasteiger partial charge in [0.25, 0.3) is 5.91 Å². The lowest BCUT2D eigenvalue weighted by Gasteiger charge is -2.10. The highest BCUT2D eigenvalue weighted by atomic mass is 16.5. The van der Waals surface area contributed by atoms with Crippen LogP contribution in [0.1, 0.15) is 36.6 Å². The van der Waals surface area contributed by atoms with E-state index >= 15 is 0 Å². The first-order valence-electron chi connectivity index (χ1n) is 9.96. The number of nitrogens with one attached hydrogen (secondary N) is 2. The number of anilines is 2. The van der Waals surface area contributed by atoms with E-state index in [-0.39, 0.29) is 29.1 Å². The van der Waals surface area contributed by atoms with Crippen LogP contribution in [0.25, 0.3) is 0 Å². The van der Waals surface area contributed by atoms with Crippen molar-refractivity contribution in [2.24, 2.45) is 0 Å². The van der Waals surface area contributed by atoms with E-state index in [4.69, 9.17) is 9.47 Å². The van der Waals surface area contributed by atoms with Crippen molar-refractivity contribution in [3.05, 3.63) is 95.1 Å². The highest BCUT2D eigenvalue weighted by Gasteiger charge is 2.16. The topological polar surface area (TPSA) is 111 Å². The van der Waals surface area contributed by atoms with Crippen LogP contribution in [-0.4, -0.2) is 38.0 Å². The predicted octanol–water partition coefficient (Wildman–Crippen LogP) is 3.69. The number of hydrogen-bond donors (Lipinski definition) is 2. The van der Waals surface area contributed by atoms with Gasteiger partial charge in [-0.3, -0.25) is 9.59 Å². The van der Waals surface area contributed by atoms with Crippen LogP contribution in [0.15, 0.2) is 72.8 Å². The summed E-state index contributed by atoms with van der Waals surface area (Å²) in [7, 11) is 2.43. The van der Waals surface area contributed by atoms with Crippen molar-refractivity contribution < 1.29 is 28.7 Å². The molecule has 0 atom stereocenters. The normalized spacial score (nSPS) is 10.1. The average molecular weight is 446 g/mol. The van der Waals surface area contributed by atoms with Gasteiger partial charge >= 0.3 is 11.9 Å². The molecule has 0 aliphatic rings. The molecule has 3 aromatic rings. The SMILES string of the molecule is COC(=O)c1cc(NC(=O)c2ccc(NC(=O)Cc3ccccc3)cc2)cc(C(=O)OC)c1. The third-order valence-electron chi connectivity index (χ3n) is 4.67. The van der Waals surface area contributed by atoms with E-state index in [2.05, 4.69) is 10.6 Å². The van der Waals surface area contributed by atoms with Gasteiger partial charge in [0.2, 0.25) is 5.91 Å². The lowest BCUT2D eigenvalue weighted by molar-refractivity contribution is -0.115. The second kappa shape index (κ2) is 10.7. The molecule has 0 spiro atoms. The Morgan fingerprint density at radius 1 is 0.667 bits per heavy atom. The molecule has 168 valence electrons. The highest BCUT2D eigenvalue weighted by molar-refractivity contribution is 6.06. The Hall–Kier alpha value is -4.46. The minimum absolute atomic E-state index is 0.0900. The number of hydrogen-bond acceptors (Lipinski definition) is 6. The molecule has 0 aromatic heterocycles. The molecular formula is C25H22N2O6. The summed E-state index contributed by atoms with van der Waals surface area (Å²) in [5.74, 6) is -1.96. The van der Waals surface area contributed by atoms with Crippen LogP contribution in [0.3, 0.4) is 0 Å². The van der Waals surface area contributed by atoms with Crippen LogP contribution in [0.2, 0.25) is 0 Å². The van der Waals surface area contributed by atoms with Gasteiger partial charge in [0.05, 0.1) is 31.8 Å². The molecule has 8 nitrogen and oxygen atoms in total. The van der Waals surface area contributed by atoms with Crippen LogP contribution >= 0.6 is 0 Å². The van der Waals surface area contributed by atoms with Gasteiger partial charge in [0.15, 0.2) is 0 Å².